The van der Waals surface area contributed by atoms with Crippen LogP contribution in [0.3, 0.4) is 0 Å². The highest BCUT2D eigenvalue weighted by atomic mass is 16.5. The van der Waals surface area contributed by atoms with Gasteiger partial charge in [0.05, 0.1) is 19.0 Å². The van der Waals surface area contributed by atoms with Crippen molar-refractivity contribution in [2.24, 2.45) is 0 Å². The fourth-order valence-corrected chi connectivity index (χ4v) is 2.26. The molecule has 6 nitrogen and oxygen atoms in total. The van der Waals surface area contributed by atoms with E-state index in [-0.39, 0.29) is 5.91 Å². The maximum atomic E-state index is 12.1. The van der Waals surface area contributed by atoms with E-state index in [1.807, 2.05) is 54.6 Å². The van der Waals surface area contributed by atoms with Crippen LogP contribution in [0.5, 0.6) is 5.75 Å². The van der Waals surface area contributed by atoms with Crippen LogP contribution < -0.4 is 10.1 Å². The summed E-state index contributed by atoms with van der Waals surface area (Å²) in [5.74, 6) is 0.589. The van der Waals surface area contributed by atoms with Crippen LogP contribution in [0.15, 0.2) is 60.8 Å². The van der Waals surface area contributed by atoms with Crippen LogP contribution in [-0.2, 0) is 6.42 Å². The minimum atomic E-state index is -0.231. The summed E-state index contributed by atoms with van der Waals surface area (Å²) < 4.78 is 5.12. The first kappa shape index (κ1) is 15.7. The van der Waals surface area contributed by atoms with Crippen molar-refractivity contribution in [2.75, 3.05) is 13.7 Å². The van der Waals surface area contributed by atoms with Crippen LogP contribution in [0.1, 0.15) is 16.1 Å². The third-order valence-electron chi connectivity index (χ3n) is 3.57. The summed E-state index contributed by atoms with van der Waals surface area (Å²) in [5.41, 5.74) is 2.24. The Morgan fingerprint density at radius 1 is 1.12 bits per heavy atom. The Morgan fingerprint density at radius 2 is 1.88 bits per heavy atom. The van der Waals surface area contributed by atoms with Gasteiger partial charge in [-0.25, -0.2) is 0 Å². The molecule has 0 bridgehead atoms. The Balaban J connectivity index is 1.54. The van der Waals surface area contributed by atoms with Crippen LogP contribution in [0, 0.1) is 0 Å². The third kappa shape index (κ3) is 3.78. The molecule has 0 saturated carbocycles. The van der Waals surface area contributed by atoms with E-state index in [1.54, 1.807) is 7.11 Å². The van der Waals surface area contributed by atoms with Gasteiger partial charge in [0.15, 0.2) is 5.69 Å². The fourth-order valence-electron chi connectivity index (χ4n) is 2.26. The van der Waals surface area contributed by atoms with E-state index in [9.17, 15) is 4.79 Å². The minimum Gasteiger partial charge on any atom is -0.497 e. The zero-order chi connectivity index (χ0) is 16.8. The van der Waals surface area contributed by atoms with Crippen molar-refractivity contribution in [2.45, 2.75) is 6.42 Å². The van der Waals surface area contributed by atoms with Crippen LogP contribution in [0.4, 0.5) is 0 Å². The fraction of sp³-hybridized carbons (Fsp3) is 0.167. The molecule has 2 aromatic carbocycles. The number of rotatable bonds is 6. The number of hydrogen-bond acceptors (Lipinski definition) is 4. The molecule has 0 spiro atoms. The lowest BCUT2D eigenvalue weighted by Crippen LogP contribution is -2.26. The lowest BCUT2D eigenvalue weighted by Gasteiger charge is -2.05. The molecule has 0 aliphatic heterocycles. The summed E-state index contributed by atoms with van der Waals surface area (Å²) in [6.45, 7) is 0.531. The molecule has 24 heavy (non-hydrogen) atoms. The second-order valence-electron chi connectivity index (χ2n) is 5.21. The van der Waals surface area contributed by atoms with Gasteiger partial charge in [0.1, 0.15) is 5.75 Å². The standard InChI is InChI=1S/C18H18N4O2/c1-24-16-9-7-14(8-10-16)11-12-19-18(23)17-13-20-22(21-17)15-5-3-2-4-6-15/h2-10,13H,11-12H2,1H3,(H,19,23). The average Bonchev–Trinajstić information content (AvgIpc) is 3.13. The molecule has 3 aromatic rings. The molecule has 0 radical (unpaired) electrons. The zero-order valence-corrected chi connectivity index (χ0v) is 13.3. The van der Waals surface area contributed by atoms with Gasteiger partial charge in [-0.3, -0.25) is 4.79 Å². The minimum absolute atomic E-state index is 0.231. The maximum Gasteiger partial charge on any atom is 0.273 e. The number of benzene rings is 2. The lowest BCUT2D eigenvalue weighted by molar-refractivity contribution is 0.0948. The van der Waals surface area contributed by atoms with Gasteiger partial charge < -0.3 is 10.1 Å². The smallest absolute Gasteiger partial charge is 0.273 e. The topological polar surface area (TPSA) is 69.0 Å². The number of amides is 1. The molecule has 3 rings (SSSR count). The molecule has 1 N–H and O–H groups in total. The summed E-state index contributed by atoms with van der Waals surface area (Å²) in [4.78, 5) is 13.6. The molecule has 0 saturated heterocycles. The molecule has 0 aliphatic carbocycles. The normalized spacial score (nSPS) is 10.4. The Labute approximate surface area is 140 Å². The van der Waals surface area contributed by atoms with Crippen LogP contribution in [0.2, 0.25) is 0 Å². The quantitative estimate of drug-likeness (QED) is 0.756. The van der Waals surface area contributed by atoms with Crippen molar-refractivity contribution in [1.82, 2.24) is 20.3 Å². The third-order valence-corrected chi connectivity index (χ3v) is 3.57. The monoisotopic (exact) mass is 322 g/mol. The Hall–Kier alpha value is -3.15. The molecule has 1 aromatic heterocycles. The molecular formula is C18H18N4O2. The van der Waals surface area contributed by atoms with Crippen LogP contribution >= 0.6 is 0 Å². The Bertz CT molecular complexity index is 797. The summed E-state index contributed by atoms with van der Waals surface area (Å²) in [6.07, 6.45) is 2.21. The number of hydrogen-bond donors (Lipinski definition) is 1. The van der Waals surface area contributed by atoms with Crippen LogP contribution in [-0.4, -0.2) is 34.6 Å². The molecule has 0 fully saturated rings. The van der Waals surface area contributed by atoms with Gasteiger partial charge in [-0.15, -0.1) is 5.10 Å². The van der Waals surface area contributed by atoms with Crippen LogP contribution in [0.25, 0.3) is 5.69 Å². The molecule has 6 heteroatoms. The van der Waals surface area contributed by atoms with Crippen molar-refractivity contribution in [1.29, 1.82) is 0 Å². The number of nitrogens with zero attached hydrogens (tertiary/aromatic N) is 3. The van der Waals surface area contributed by atoms with E-state index in [0.717, 1.165) is 23.4 Å². The van der Waals surface area contributed by atoms with Gasteiger partial charge in [-0.05, 0) is 36.2 Å². The van der Waals surface area contributed by atoms with E-state index < -0.39 is 0 Å². The van der Waals surface area contributed by atoms with Crippen molar-refractivity contribution >= 4 is 5.91 Å². The molecule has 1 amide bonds. The number of ether oxygens (including phenoxy) is 1. The van der Waals surface area contributed by atoms with Gasteiger partial charge >= 0.3 is 0 Å². The predicted octanol–water partition coefficient (Wildman–Crippen LogP) is 2.25. The Kier molecular flexibility index (Phi) is 4.86. The first-order chi connectivity index (χ1) is 11.8. The average molecular weight is 322 g/mol. The Morgan fingerprint density at radius 3 is 2.58 bits per heavy atom. The lowest BCUT2D eigenvalue weighted by atomic mass is 10.1. The number of nitrogens with one attached hydrogen (secondary N) is 1. The van der Waals surface area contributed by atoms with Gasteiger partial charge in [0.2, 0.25) is 0 Å². The van der Waals surface area contributed by atoms with E-state index in [0.29, 0.717) is 12.2 Å². The van der Waals surface area contributed by atoms with Gasteiger partial charge in [-0.1, -0.05) is 30.3 Å². The first-order valence-electron chi connectivity index (χ1n) is 7.65. The van der Waals surface area contributed by atoms with E-state index in [4.69, 9.17) is 4.74 Å². The summed E-state index contributed by atoms with van der Waals surface area (Å²) in [5, 5.41) is 11.2. The van der Waals surface area contributed by atoms with Crippen molar-refractivity contribution in [3.63, 3.8) is 0 Å². The predicted molar refractivity (Wildman–Crippen MR) is 90.4 cm³/mol. The number of methoxy groups -OCH3 is 1. The first-order valence-corrected chi connectivity index (χ1v) is 7.65. The van der Waals surface area contributed by atoms with Gasteiger partial charge in [-0.2, -0.15) is 9.90 Å². The highest BCUT2D eigenvalue weighted by molar-refractivity contribution is 5.91. The molecule has 0 aliphatic rings. The van der Waals surface area contributed by atoms with Crippen molar-refractivity contribution < 1.29 is 9.53 Å². The summed E-state index contributed by atoms with van der Waals surface area (Å²) in [6, 6.07) is 17.2. The number of carbonyl (C=O) groups excluding carboxylic acids is 1. The van der Waals surface area contributed by atoms with Gasteiger partial charge in [0, 0.05) is 6.54 Å². The van der Waals surface area contributed by atoms with Crippen molar-refractivity contribution in [3.8, 4) is 11.4 Å². The highest BCUT2D eigenvalue weighted by Crippen LogP contribution is 2.11. The second kappa shape index (κ2) is 7.41. The van der Waals surface area contributed by atoms with E-state index in [2.05, 4.69) is 15.5 Å². The molecule has 1 heterocycles. The molecule has 122 valence electrons. The molecule has 0 atom stereocenters. The molecular weight excluding hydrogens is 304 g/mol. The summed E-state index contributed by atoms with van der Waals surface area (Å²) in [7, 11) is 1.64. The van der Waals surface area contributed by atoms with E-state index >= 15 is 0 Å². The largest absolute Gasteiger partial charge is 0.497 e. The zero-order valence-electron chi connectivity index (χ0n) is 13.3. The highest BCUT2D eigenvalue weighted by Gasteiger charge is 2.10. The van der Waals surface area contributed by atoms with Gasteiger partial charge in [0.25, 0.3) is 5.91 Å². The van der Waals surface area contributed by atoms with E-state index in [1.165, 1.54) is 11.0 Å². The molecule has 0 unspecified atom stereocenters. The maximum absolute atomic E-state index is 12.1. The number of aromatic nitrogens is 3. The summed E-state index contributed by atoms with van der Waals surface area (Å²) >= 11 is 0. The SMILES string of the molecule is COc1ccc(CCNC(=O)c2cnn(-c3ccccc3)n2)cc1. The van der Waals surface area contributed by atoms with Crippen molar-refractivity contribution in [3.05, 3.63) is 72.1 Å². The number of carbonyl (C=O) groups is 1. The second-order valence-corrected chi connectivity index (χ2v) is 5.21. The number of para-hydroxylation sites is 1.